The summed E-state index contributed by atoms with van der Waals surface area (Å²) in [6, 6.07) is 6.34. The van der Waals surface area contributed by atoms with Crippen molar-refractivity contribution in [2.45, 2.75) is 18.6 Å². The Labute approximate surface area is 125 Å². The van der Waals surface area contributed by atoms with E-state index in [1.54, 1.807) is 12.3 Å². The first kappa shape index (κ1) is 13.1. The number of aromatic amines is 1. The number of halogens is 1. The van der Waals surface area contributed by atoms with Gasteiger partial charge in [-0.2, -0.15) is 5.10 Å². The van der Waals surface area contributed by atoms with E-state index in [1.165, 1.54) is 18.5 Å². The Morgan fingerprint density at radius 2 is 2.23 bits per heavy atom. The topological polar surface area (TPSA) is 77.9 Å². The normalized spacial score (nSPS) is 21.6. The number of aromatic nitrogens is 4. The van der Waals surface area contributed by atoms with Crippen molar-refractivity contribution in [2.24, 2.45) is 0 Å². The van der Waals surface area contributed by atoms with Crippen molar-refractivity contribution in [3.05, 3.63) is 48.2 Å². The molecule has 6 nitrogen and oxygen atoms in total. The highest BCUT2D eigenvalue weighted by atomic mass is 19.1. The molecular weight excluding hydrogens is 285 g/mol. The van der Waals surface area contributed by atoms with Gasteiger partial charge >= 0.3 is 0 Å². The van der Waals surface area contributed by atoms with E-state index in [-0.39, 0.29) is 11.9 Å². The fourth-order valence-electron chi connectivity index (χ4n) is 3.06. The number of hydrogen-bond donors (Lipinski definition) is 2. The van der Waals surface area contributed by atoms with Gasteiger partial charge in [0.1, 0.15) is 18.0 Å². The standard InChI is InChI=1S/C15H14FN5O/c16-10-3-1-2-9(4-10)13-5-11(22)7-21(13)15-12-6-19-20-14(12)17-8-18-15/h1-4,6,8,11,13,22H,5,7H2,(H,17,18,19,20)/t11-,13-/m1/s1. The Morgan fingerprint density at radius 1 is 1.32 bits per heavy atom. The molecule has 22 heavy (non-hydrogen) atoms. The Kier molecular flexibility index (Phi) is 3.00. The van der Waals surface area contributed by atoms with Crippen LogP contribution in [-0.4, -0.2) is 37.9 Å². The fraction of sp³-hybridized carbons (Fsp3) is 0.267. The molecule has 0 spiro atoms. The number of anilines is 1. The highest BCUT2D eigenvalue weighted by molar-refractivity contribution is 5.86. The van der Waals surface area contributed by atoms with E-state index < -0.39 is 6.10 Å². The van der Waals surface area contributed by atoms with E-state index >= 15 is 0 Å². The highest BCUT2D eigenvalue weighted by Gasteiger charge is 2.34. The molecule has 3 aromatic rings. The van der Waals surface area contributed by atoms with Crippen molar-refractivity contribution < 1.29 is 9.50 Å². The number of hydrogen-bond acceptors (Lipinski definition) is 5. The van der Waals surface area contributed by atoms with Gasteiger partial charge in [0, 0.05) is 6.54 Å². The second-order valence-corrected chi connectivity index (χ2v) is 5.44. The minimum Gasteiger partial charge on any atom is -0.391 e. The molecule has 112 valence electrons. The Bertz CT molecular complexity index is 820. The van der Waals surface area contributed by atoms with Gasteiger partial charge in [0.2, 0.25) is 0 Å². The first-order valence-electron chi connectivity index (χ1n) is 7.06. The summed E-state index contributed by atoms with van der Waals surface area (Å²) in [5, 5.41) is 17.7. The predicted octanol–water partition coefficient (Wildman–Crippen LogP) is 1.80. The molecule has 2 aromatic heterocycles. The number of nitrogens with one attached hydrogen (secondary N) is 1. The summed E-state index contributed by atoms with van der Waals surface area (Å²) in [4.78, 5) is 10.5. The number of rotatable bonds is 2. The van der Waals surface area contributed by atoms with E-state index in [0.29, 0.717) is 24.4 Å². The number of benzene rings is 1. The maximum absolute atomic E-state index is 13.5. The van der Waals surface area contributed by atoms with Crippen LogP contribution >= 0.6 is 0 Å². The van der Waals surface area contributed by atoms with Gasteiger partial charge in [0.25, 0.3) is 0 Å². The van der Waals surface area contributed by atoms with Gasteiger partial charge in [-0.3, -0.25) is 5.10 Å². The Morgan fingerprint density at radius 3 is 3.09 bits per heavy atom. The lowest BCUT2D eigenvalue weighted by molar-refractivity contribution is 0.194. The van der Waals surface area contributed by atoms with Crippen LogP contribution in [0, 0.1) is 5.82 Å². The molecule has 3 heterocycles. The maximum atomic E-state index is 13.5. The zero-order valence-corrected chi connectivity index (χ0v) is 11.6. The molecule has 2 N–H and O–H groups in total. The molecule has 0 radical (unpaired) electrons. The van der Waals surface area contributed by atoms with Crippen LogP contribution in [0.25, 0.3) is 11.0 Å². The number of aliphatic hydroxyl groups is 1. The van der Waals surface area contributed by atoms with Gasteiger partial charge in [-0.15, -0.1) is 0 Å². The molecule has 0 unspecified atom stereocenters. The number of nitrogens with zero attached hydrogens (tertiary/aromatic N) is 4. The van der Waals surface area contributed by atoms with Crippen LogP contribution < -0.4 is 4.90 Å². The van der Waals surface area contributed by atoms with Gasteiger partial charge in [0.05, 0.1) is 23.7 Å². The lowest BCUT2D eigenvalue weighted by Gasteiger charge is -2.26. The summed E-state index contributed by atoms with van der Waals surface area (Å²) in [6.45, 7) is 0.443. The molecule has 0 saturated carbocycles. The van der Waals surface area contributed by atoms with Gasteiger partial charge in [0.15, 0.2) is 5.65 Å². The minimum absolute atomic E-state index is 0.126. The molecule has 1 saturated heterocycles. The van der Waals surface area contributed by atoms with Crippen molar-refractivity contribution in [2.75, 3.05) is 11.4 Å². The first-order valence-corrected chi connectivity index (χ1v) is 7.06. The second-order valence-electron chi connectivity index (χ2n) is 5.44. The average Bonchev–Trinajstić information content (AvgIpc) is 3.13. The van der Waals surface area contributed by atoms with Crippen LogP contribution in [0.15, 0.2) is 36.8 Å². The molecular formula is C15H14FN5O. The van der Waals surface area contributed by atoms with Crippen LogP contribution in [-0.2, 0) is 0 Å². The zero-order chi connectivity index (χ0) is 15.1. The van der Waals surface area contributed by atoms with E-state index in [0.717, 1.165) is 10.9 Å². The maximum Gasteiger partial charge on any atom is 0.160 e. The predicted molar refractivity (Wildman–Crippen MR) is 78.8 cm³/mol. The smallest absolute Gasteiger partial charge is 0.160 e. The SMILES string of the molecule is O[C@@H]1C[C@H](c2cccc(F)c2)N(c2ncnc3[nH]ncc23)C1. The van der Waals surface area contributed by atoms with E-state index in [9.17, 15) is 9.50 Å². The molecule has 1 aliphatic heterocycles. The van der Waals surface area contributed by atoms with Crippen molar-refractivity contribution in [1.82, 2.24) is 20.2 Å². The van der Waals surface area contributed by atoms with Gasteiger partial charge in [-0.1, -0.05) is 12.1 Å². The van der Waals surface area contributed by atoms with Crippen molar-refractivity contribution in [3.63, 3.8) is 0 Å². The lowest BCUT2D eigenvalue weighted by atomic mass is 10.0. The molecule has 0 aliphatic carbocycles. The van der Waals surface area contributed by atoms with E-state index in [4.69, 9.17) is 0 Å². The fourth-order valence-corrected chi connectivity index (χ4v) is 3.06. The van der Waals surface area contributed by atoms with Gasteiger partial charge in [-0.25, -0.2) is 14.4 Å². The second kappa shape index (κ2) is 5.03. The zero-order valence-electron chi connectivity index (χ0n) is 11.6. The summed E-state index contributed by atoms with van der Waals surface area (Å²) in [5.41, 5.74) is 1.47. The summed E-state index contributed by atoms with van der Waals surface area (Å²) in [5.74, 6) is 0.416. The summed E-state index contributed by atoms with van der Waals surface area (Å²) < 4.78 is 13.5. The largest absolute Gasteiger partial charge is 0.391 e. The molecule has 1 aromatic carbocycles. The quantitative estimate of drug-likeness (QED) is 0.754. The van der Waals surface area contributed by atoms with Crippen molar-refractivity contribution in [3.8, 4) is 0 Å². The van der Waals surface area contributed by atoms with Crippen LogP contribution in [0.3, 0.4) is 0 Å². The third-order valence-electron chi connectivity index (χ3n) is 4.01. The number of aliphatic hydroxyl groups excluding tert-OH is 1. The van der Waals surface area contributed by atoms with Crippen LogP contribution in [0.4, 0.5) is 10.2 Å². The molecule has 1 fully saturated rings. The summed E-state index contributed by atoms with van der Waals surface area (Å²) in [7, 11) is 0. The molecule has 1 aliphatic rings. The van der Waals surface area contributed by atoms with Gasteiger partial charge < -0.3 is 10.0 Å². The molecule has 2 atom stereocenters. The number of fused-ring (bicyclic) bond motifs is 1. The monoisotopic (exact) mass is 299 g/mol. The first-order chi connectivity index (χ1) is 10.7. The number of H-pyrrole nitrogens is 1. The molecule has 0 amide bonds. The summed E-state index contributed by atoms with van der Waals surface area (Å²) in [6.07, 6.45) is 3.18. The van der Waals surface area contributed by atoms with Crippen molar-refractivity contribution >= 4 is 16.9 Å². The van der Waals surface area contributed by atoms with E-state index in [2.05, 4.69) is 20.2 Å². The van der Waals surface area contributed by atoms with Crippen LogP contribution in [0.2, 0.25) is 0 Å². The average molecular weight is 299 g/mol. The van der Waals surface area contributed by atoms with Crippen LogP contribution in [0.1, 0.15) is 18.0 Å². The van der Waals surface area contributed by atoms with Crippen molar-refractivity contribution in [1.29, 1.82) is 0 Å². The highest BCUT2D eigenvalue weighted by Crippen LogP contribution is 2.37. The summed E-state index contributed by atoms with van der Waals surface area (Å²) >= 11 is 0. The van der Waals surface area contributed by atoms with Gasteiger partial charge in [-0.05, 0) is 24.1 Å². The minimum atomic E-state index is -0.481. The van der Waals surface area contributed by atoms with E-state index in [1.807, 2.05) is 11.0 Å². The third-order valence-corrected chi connectivity index (χ3v) is 4.01. The molecule has 0 bridgehead atoms. The van der Waals surface area contributed by atoms with Crippen LogP contribution in [0.5, 0.6) is 0 Å². The molecule has 7 heteroatoms. The lowest BCUT2D eigenvalue weighted by Crippen LogP contribution is -2.25. The Balaban J connectivity index is 1.80. The number of β-amino-alcohol motifs (C(OH)–C–C–N with tert-alkyl or cyclic N) is 1. The third kappa shape index (κ3) is 2.10. The Hall–Kier alpha value is -2.54. The molecule has 4 rings (SSSR count).